The molecule has 32 heavy (non-hydrogen) atoms. The van der Waals surface area contributed by atoms with Crippen molar-refractivity contribution < 1.29 is 19.2 Å². The van der Waals surface area contributed by atoms with Gasteiger partial charge in [-0.2, -0.15) is 0 Å². The summed E-state index contributed by atoms with van der Waals surface area (Å²) < 4.78 is 4.49. The molecule has 0 atom stereocenters. The highest BCUT2D eigenvalue weighted by Gasteiger charge is 2.11. The standard InChI is InChI=1S/C16H13N3O3.C8H16O2/c17-16(20)11-3-1-10(2-4-11)7-12-9-18-15-6-5-13(19(21)22)8-14(12)15;1-3-4-5-6-7-8(9)10-2/h1-6,8-9,18H,7H2,(H2,17,20);3-7H2,1-2H3. The number of hydrogen-bond donors (Lipinski definition) is 2. The van der Waals surface area contributed by atoms with E-state index in [1.807, 2.05) is 18.3 Å². The van der Waals surface area contributed by atoms with Crippen molar-refractivity contribution in [2.45, 2.75) is 45.4 Å². The van der Waals surface area contributed by atoms with Gasteiger partial charge in [0.25, 0.3) is 5.69 Å². The van der Waals surface area contributed by atoms with E-state index >= 15 is 0 Å². The molecule has 0 saturated carbocycles. The number of nitrogens with one attached hydrogen (secondary N) is 1. The molecule has 1 amide bonds. The number of esters is 1. The van der Waals surface area contributed by atoms with Crippen LogP contribution in [0.4, 0.5) is 5.69 Å². The third-order valence-electron chi connectivity index (χ3n) is 5.06. The van der Waals surface area contributed by atoms with Crippen LogP contribution in [-0.2, 0) is 16.0 Å². The number of ether oxygens (including phenoxy) is 1. The van der Waals surface area contributed by atoms with Gasteiger partial charge in [-0.05, 0) is 42.2 Å². The number of H-pyrrole nitrogens is 1. The van der Waals surface area contributed by atoms with Gasteiger partial charge >= 0.3 is 5.97 Å². The Kier molecular flexibility index (Phi) is 9.41. The molecule has 2 aromatic carbocycles. The molecule has 0 saturated heterocycles. The van der Waals surface area contributed by atoms with E-state index in [1.54, 1.807) is 24.3 Å². The fraction of sp³-hybridized carbons (Fsp3) is 0.333. The van der Waals surface area contributed by atoms with Crippen molar-refractivity contribution in [1.29, 1.82) is 0 Å². The number of aromatic nitrogens is 1. The number of carbonyl (C=O) groups excluding carboxylic acids is 2. The van der Waals surface area contributed by atoms with Crippen LogP contribution >= 0.6 is 0 Å². The summed E-state index contributed by atoms with van der Waals surface area (Å²) in [5.41, 5.74) is 8.55. The maximum Gasteiger partial charge on any atom is 0.305 e. The number of nitro groups is 1. The molecule has 1 aromatic heterocycles. The number of nitrogens with two attached hydrogens (primary N) is 1. The highest BCUT2D eigenvalue weighted by molar-refractivity contribution is 5.92. The van der Waals surface area contributed by atoms with Gasteiger partial charge in [-0.1, -0.05) is 38.3 Å². The Labute approximate surface area is 186 Å². The molecule has 8 heteroatoms. The maximum atomic E-state index is 11.1. The van der Waals surface area contributed by atoms with Crippen molar-refractivity contribution in [2.24, 2.45) is 5.73 Å². The highest BCUT2D eigenvalue weighted by Crippen LogP contribution is 2.25. The maximum absolute atomic E-state index is 11.1. The number of methoxy groups -OCH3 is 1. The zero-order valence-corrected chi connectivity index (χ0v) is 18.4. The molecule has 3 aromatic rings. The van der Waals surface area contributed by atoms with Crippen molar-refractivity contribution >= 4 is 28.5 Å². The van der Waals surface area contributed by atoms with Crippen molar-refractivity contribution in [3.8, 4) is 0 Å². The number of nitro benzene ring substituents is 1. The number of nitrogens with zero attached hydrogens (tertiary/aromatic N) is 1. The normalized spacial score (nSPS) is 10.3. The predicted octanol–water partition coefficient (Wildman–Crippen LogP) is 4.90. The summed E-state index contributed by atoms with van der Waals surface area (Å²) in [5, 5.41) is 11.7. The molecule has 0 aliphatic heterocycles. The molecule has 0 unspecified atom stereocenters. The molecule has 3 N–H and O–H groups in total. The lowest BCUT2D eigenvalue weighted by Crippen LogP contribution is -2.10. The second-order valence-electron chi connectivity index (χ2n) is 7.43. The zero-order chi connectivity index (χ0) is 23.5. The summed E-state index contributed by atoms with van der Waals surface area (Å²) >= 11 is 0. The smallest absolute Gasteiger partial charge is 0.305 e. The Balaban J connectivity index is 0.000000309. The van der Waals surface area contributed by atoms with Crippen LogP contribution in [0.2, 0.25) is 0 Å². The van der Waals surface area contributed by atoms with Gasteiger partial charge in [0.2, 0.25) is 5.91 Å². The molecule has 0 radical (unpaired) electrons. The van der Waals surface area contributed by atoms with Crippen LogP contribution < -0.4 is 5.73 Å². The van der Waals surface area contributed by atoms with Crippen LogP contribution in [0, 0.1) is 10.1 Å². The van der Waals surface area contributed by atoms with Gasteiger partial charge in [0.15, 0.2) is 0 Å². The first-order valence-corrected chi connectivity index (χ1v) is 10.6. The zero-order valence-electron chi connectivity index (χ0n) is 18.4. The SMILES string of the molecule is CCCCCCC(=O)OC.NC(=O)c1ccc(Cc2c[nH]c3ccc([N+](=O)[O-])cc23)cc1. The largest absolute Gasteiger partial charge is 0.469 e. The number of aromatic amines is 1. The number of amides is 1. The fourth-order valence-corrected chi connectivity index (χ4v) is 3.23. The van der Waals surface area contributed by atoms with Gasteiger partial charge < -0.3 is 15.5 Å². The van der Waals surface area contributed by atoms with Crippen LogP contribution in [0.1, 0.15) is 60.5 Å². The van der Waals surface area contributed by atoms with E-state index in [2.05, 4.69) is 16.6 Å². The summed E-state index contributed by atoms with van der Waals surface area (Å²) in [5.74, 6) is -0.551. The summed E-state index contributed by atoms with van der Waals surface area (Å²) in [7, 11) is 1.43. The summed E-state index contributed by atoms with van der Waals surface area (Å²) in [6, 6.07) is 11.8. The van der Waals surface area contributed by atoms with Gasteiger partial charge in [0, 0.05) is 41.2 Å². The lowest BCUT2D eigenvalue weighted by atomic mass is 10.0. The van der Waals surface area contributed by atoms with E-state index in [9.17, 15) is 19.7 Å². The molecule has 170 valence electrons. The number of benzene rings is 2. The molecule has 3 rings (SSSR count). The predicted molar refractivity (Wildman–Crippen MR) is 123 cm³/mol. The third kappa shape index (κ3) is 7.23. The van der Waals surface area contributed by atoms with Crippen LogP contribution in [0.3, 0.4) is 0 Å². The minimum absolute atomic E-state index is 0.0671. The fourth-order valence-electron chi connectivity index (χ4n) is 3.23. The average Bonchev–Trinajstić information content (AvgIpc) is 3.19. The number of unbranched alkanes of at least 4 members (excludes halogenated alkanes) is 3. The number of non-ortho nitro benzene ring substituents is 1. The second-order valence-corrected chi connectivity index (χ2v) is 7.43. The summed E-state index contributed by atoms with van der Waals surface area (Å²) in [4.78, 5) is 35.2. The number of carbonyl (C=O) groups is 2. The molecule has 1 heterocycles. The minimum Gasteiger partial charge on any atom is -0.469 e. The van der Waals surface area contributed by atoms with Gasteiger partial charge in [0.1, 0.15) is 0 Å². The topological polar surface area (TPSA) is 128 Å². The van der Waals surface area contributed by atoms with Crippen LogP contribution in [0.5, 0.6) is 0 Å². The summed E-state index contributed by atoms with van der Waals surface area (Å²) in [6.45, 7) is 2.15. The molecule has 8 nitrogen and oxygen atoms in total. The third-order valence-corrected chi connectivity index (χ3v) is 5.06. The monoisotopic (exact) mass is 439 g/mol. The molecule has 0 aliphatic rings. The number of fused-ring (bicyclic) bond motifs is 1. The minimum atomic E-state index is -0.464. The van der Waals surface area contributed by atoms with Gasteiger partial charge in [-0.3, -0.25) is 19.7 Å². The molecule has 0 aliphatic carbocycles. The number of hydrogen-bond acceptors (Lipinski definition) is 5. The summed E-state index contributed by atoms with van der Waals surface area (Å²) in [6.07, 6.45) is 7.58. The van der Waals surface area contributed by atoms with Crippen molar-refractivity contribution in [1.82, 2.24) is 4.98 Å². The second kappa shape index (κ2) is 12.2. The Bertz CT molecular complexity index is 1060. The van der Waals surface area contributed by atoms with E-state index in [1.165, 1.54) is 26.0 Å². The van der Waals surface area contributed by atoms with E-state index in [0.29, 0.717) is 18.4 Å². The Morgan fingerprint density at radius 1 is 1.09 bits per heavy atom. The Morgan fingerprint density at radius 3 is 2.41 bits per heavy atom. The van der Waals surface area contributed by atoms with Crippen LogP contribution in [-0.4, -0.2) is 28.9 Å². The molecule has 0 spiro atoms. The first-order valence-electron chi connectivity index (χ1n) is 10.6. The molecular weight excluding hydrogens is 410 g/mol. The lowest BCUT2D eigenvalue weighted by Gasteiger charge is -2.02. The van der Waals surface area contributed by atoms with E-state index in [0.717, 1.165) is 34.9 Å². The first-order chi connectivity index (χ1) is 15.3. The Morgan fingerprint density at radius 2 is 1.81 bits per heavy atom. The number of primary amides is 1. The lowest BCUT2D eigenvalue weighted by molar-refractivity contribution is -0.384. The first kappa shape index (κ1) is 24.6. The number of rotatable bonds is 9. The van der Waals surface area contributed by atoms with Gasteiger partial charge in [0.05, 0.1) is 12.0 Å². The van der Waals surface area contributed by atoms with Crippen LogP contribution in [0.15, 0.2) is 48.7 Å². The van der Waals surface area contributed by atoms with Gasteiger partial charge in [-0.15, -0.1) is 0 Å². The Hall–Kier alpha value is -3.68. The average molecular weight is 440 g/mol. The molecule has 0 fully saturated rings. The highest BCUT2D eigenvalue weighted by atomic mass is 16.6. The van der Waals surface area contributed by atoms with E-state index < -0.39 is 10.8 Å². The molecule has 0 bridgehead atoms. The van der Waals surface area contributed by atoms with E-state index in [-0.39, 0.29) is 11.7 Å². The van der Waals surface area contributed by atoms with E-state index in [4.69, 9.17) is 5.73 Å². The quantitative estimate of drug-likeness (QED) is 0.212. The van der Waals surface area contributed by atoms with Crippen molar-refractivity contribution in [3.63, 3.8) is 0 Å². The van der Waals surface area contributed by atoms with Crippen molar-refractivity contribution in [2.75, 3.05) is 7.11 Å². The van der Waals surface area contributed by atoms with Crippen molar-refractivity contribution in [3.05, 3.63) is 75.5 Å². The molecular formula is C24H29N3O5. The van der Waals surface area contributed by atoms with Crippen LogP contribution in [0.25, 0.3) is 10.9 Å². The van der Waals surface area contributed by atoms with Gasteiger partial charge in [-0.25, -0.2) is 0 Å².